The number of carboxylic acids is 1. The third kappa shape index (κ3) is 8.29. The molecule has 0 fully saturated rings. The summed E-state index contributed by atoms with van der Waals surface area (Å²) in [6.45, 7) is 0. The van der Waals surface area contributed by atoms with Crippen molar-refractivity contribution in [3.8, 4) is 5.75 Å². The van der Waals surface area contributed by atoms with Crippen LogP contribution in [0.5, 0.6) is 5.75 Å². The lowest BCUT2D eigenvalue weighted by Gasteiger charge is -2.18. The van der Waals surface area contributed by atoms with Gasteiger partial charge in [-0.2, -0.15) is 11.3 Å². The molecule has 0 aliphatic heterocycles. The molecule has 0 radical (unpaired) electrons. The van der Waals surface area contributed by atoms with Gasteiger partial charge >= 0.3 is 5.97 Å². The number of carbonyl (C=O) groups excluding carboxylic acids is 3. The normalized spacial score (nSPS) is 11.7. The zero-order chi connectivity index (χ0) is 32.5. The van der Waals surface area contributed by atoms with Crippen LogP contribution < -0.4 is 16.0 Å². The molecule has 46 heavy (non-hydrogen) atoms. The Morgan fingerprint density at radius 3 is 2.11 bits per heavy atom. The first kappa shape index (κ1) is 31.8. The summed E-state index contributed by atoms with van der Waals surface area (Å²) in [5.41, 5.74) is 2.36. The van der Waals surface area contributed by atoms with Crippen molar-refractivity contribution in [2.24, 2.45) is 0 Å². The number of thiophene rings is 1. The van der Waals surface area contributed by atoms with E-state index >= 15 is 0 Å². The maximum absolute atomic E-state index is 13.5. The number of rotatable bonds is 11. The predicted molar refractivity (Wildman–Crippen MR) is 180 cm³/mol. The number of aromatic carboxylic acids is 1. The van der Waals surface area contributed by atoms with E-state index in [9.17, 15) is 29.4 Å². The molecule has 1 unspecified atom stereocenters. The highest BCUT2D eigenvalue weighted by Crippen LogP contribution is 2.37. The molecule has 0 aliphatic carbocycles. The minimum Gasteiger partial charge on any atom is -0.507 e. The van der Waals surface area contributed by atoms with Gasteiger partial charge in [-0.15, -0.1) is 11.8 Å². The highest BCUT2D eigenvalue weighted by Gasteiger charge is 2.23. The number of aromatic hydroxyl groups is 1. The minimum absolute atomic E-state index is 0.0757. The second-order valence-corrected chi connectivity index (χ2v) is 11.8. The molecule has 5 aromatic rings. The third-order valence-corrected chi connectivity index (χ3v) is 8.55. The van der Waals surface area contributed by atoms with Crippen LogP contribution >= 0.6 is 23.1 Å². The van der Waals surface area contributed by atoms with Gasteiger partial charge in [0.1, 0.15) is 22.3 Å². The summed E-state index contributed by atoms with van der Waals surface area (Å²) in [6.07, 6.45) is 1.60. The Morgan fingerprint density at radius 1 is 0.783 bits per heavy atom. The monoisotopic (exact) mass is 649 g/mol. The maximum Gasteiger partial charge on any atom is 0.339 e. The van der Waals surface area contributed by atoms with Gasteiger partial charge in [-0.3, -0.25) is 14.4 Å². The molecule has 0 saturated heterocycles. The van der Waals surface area contributed by atoms with E-state index in [0.29, 0.717) is 11.3 Å². The molecular weight excluding hydrogens is 623 g/mol. The number of nitrogens with one attached hydrogen (secondary N) is 3. The van der Waals surface area contributed by atoms with E-state index in [1.54, 1.807) is 60.7 Å². The van der Waals surface area contributed by atoms with E-state index in [0.717, 1.165) is 16.0 Å². The Morgan fingerprint density at radius 2 is 1.46 bits per heavy atom. The van der Waals surface area contributed by atoms with Gasteiger partial charge in [0.05, 0.1) is 0 Å². The van der Waals surface area contributed by atoms with Gasteiger partial charge in [-0.25, -0.2) is 4.79 Å². The van der Waals surface area contributed by atoms with Crippen molar-refractivity contribution in [2.75, 3.05) is 10.6 Å². The summed E-state index contributed by atoms with van der Waals surface area (Å²) in [7, 11) is 0. The fourth-order valence-corrected chi connectivity index (χ4v) is 5.95. The second-order valence-electron chi connectivity index (χ2n) is 9.85. The fraction of sp³-hybridized carbons (Fsp3) is 0.0286. The van der Waals surface area contributed by atoms with Gasteiger partial charge in [0, 0.05) is 21.8 Å². The summed E-state index contributed by atoms with van der Waals surface area (Å²) in [6, 6.07) is 30.3. The zero-order valence-electron chi connectivity index (χ0n) is 24.0. The Bertz CT molecular complexity index is 1880. The number of carboxylic acid groups (broad SMARTS) is 1. The van der Waals surface area contributed by atoms with Crippen molar-refractivity contribution in [3.05, 3.63) is 148 Å². The average Bonchev–Trinajstić information content (AvgIpc) is 3.59. The number of hydrogen-bond donors (Lipinski definition) is 5. The molecule has 3 amide bonds. The smallest absolute Gasteiger partial charge is 0.339 e. The Hall–Kier alpha value is -5.65. The first-order valence-electron chi connectivity index (χ1n) is 13.9. The van der Waals surface area contributed by atoms with Crippen molar-refractivity contribution < 1.29 is 29.4 Å². The molecule has 1 atom stereocenters. The summed E-state index contributed by atoms with van der Waals surface area (Å²) < 4.78 is 0. The predicted octanol–water partition coefficient (Wildman–Crippen LogP) is 7.03. The first-order chi connectivity index (χ1) is 22.3. The molecule has 11 heteroatoms. The number of benzene rings is 4. The highest BCUT2D eigenvalue weighted by atomic mass is 32.2. The molecule has 9 nitrogen and oxygen atoms in total. The van der Waals surface area contributed by atoms with Gasteiger partial charge in [-0.1, -0.05) is 48.5 Å². The minimum atomic E-state index is -1.32. The molecule has 0 aliphatic rings. The second kappa shape index (κ2) is 14.9. The molecule has 1 aromatic heterocycles. The average molecular weight is 650 g/mol. The van der Waals surface area contributed by atoms with Crippen LogP contribution in [0.1, 0.15) is 37.1 Å². The van der Waals surface area contributed by atoms with Crippen LogP contribution in [0.3, 0.4) is 0 Å². The third-order valence-electron chi connectivity index (χ3n) is 6.58. The van der Waals surface area contributed by atoms with E-state index in [-0.39, 0.29) is 16.9 Å². The lowest BCUT2D eigenvalue weighted by Crippen LogP contribution is -2.30. The summed E-state index contributed by atoms with van der Waals surface area (Å²) in [4.78, 5) is 51.8. The lowest BCUT2D eigenvalue weighted by atomic mass is 10.1. The van der Waals surface area contributed by atoms with Crippen molar-refractivity contribution in [3.63, 3.8) is 0 Å². The van der Waals surface area contributed by atoms with Gasteiger partial charge < -0.3 is 26.2 Å². The summed E-state index contributed by atoms with van der Waals surface area (Å²) in [5, 5.41) is 30.5. The van der Waals surface area contributed by atoms with Crippen LogP contribution in [0.25, 0.3) is 6.08 Å². The molecule has 1 heterocycles. The zero-order valence-corrected chi connectivity index (χ0v) is 25.7. The van der Waals surface area contributed by atoms with Crippen molar-refractivity contribution >= 4 is 64.2 Å². The molecule has 230 valence electrons. The molecule has 0 saturated carbocycles. The van der Waals surface area contributed by atoms with Crippen LogP contribution in [-0.2, 0) is 9.59 Å². The van der Waals surface area contributed by atoms with Crippen LogP contribution in [0.4, 0.5) is 11.4 Å². The van der Waals surface area contributed by atoms with Crippen LogP contribution in [0.2, 0.25) is 0 Å². The molecule has 5 N–H and O–H groups in total. The van der Waals surface area contributed by atoms with Crippen molar-refractivity contribution in [1.29, 1.82) is 0 Å². The number of hydrogen-bond acceptors (Lipinski definition) is 7. The van der Waals surface area contributed by atoms with Crippen LogP contribution in [-0.4, -0.2) is 33.9 Å². The van der Waals surface area contributed by atoms with Gasteiger partial charge in [-0.05, 0) is 88.6 Å². The van der Waals surface area contributed by atoms with Crippen LogP contribution in [0.15, 0.2) is 131 Å². The van der Waals surface area contributed by atoms with Gasteiger partial charge in [0.15, 0.2) is 0 Å². The van der Waals surface area contributed by atoms with E-state index in [2.05, 4.69) is 16.0 Å². The van der Waals surface area contributed by atoms with Crippen LogP contribution in [0, 0.1) is 0 Å². The highest BCUT2D eigenvalue weighted by molar-refractivity contribution is 8.00. The molecular formula is C35H27N3O6S2. The standard InChI is InChI=1S/C35H27N3O6S2/c39-30-16-13-26(20-28(30)35(43)44)37-34(42)31(23-7-3-1-4-8-23)46-27-14-11-25(12-15-27)36-33(41)29(19-22-17-18-45-21-22)38-32(40)24-9-5-2-6-10-24/h1-21,31,39H,(H,36,41)(H,37,42)(H,38,40)(H,43,44)/b29-19-. The Labute approximate surface area is 272 Å². The molecule has 0 spiro atoms. The van der Waals surface area contributed by atoms with Crippen molar-refractivity contribution in [1.82, 2.24) is 5.32 Å². The Kier molecular flexibility index (Phi) is 10.3. The lowest BCUT2D eigenvalue weighted by molar-refractivity contribution is -0.116. The molecule has 4 aromatic carbocycles. The number of thioether (sulfide) groups is 1. The first-order valence-corrected chi connectivity index (χ1v) is 15.7. The van der Waals surface area contributed by atoms with Gasteiger partial charge in [0.2, 0.25) is 5.91 Å². The largest absolute Gasteiger partial charge is 0.507 e. The van der Waals surface area contributed by atoms with E-state index in [1.807, 2.05) is 47.2 Å². The Balaban J connectivity index is 1.31. The fourth-order valence-electron chi connectivity index (χ4n) is 4.31. The van der Waals surface area contributed by atoms with E-state index in [4.69, 9.17) is 0 Å². The topological polar surface area (TPSA) is 145 Å². The number of amides is 3. The number of anilines is 2. The van der Waals surface area contributed by atoms with Gasteiger partial charge in [0.25, 0.3) is 11.8 Å². The summed E-state index contributed by atoms with van der Waals surface area (Å²) in [5.74, 6) is -3.04. The van der Waals surface area contributed by atoms with Crippen molar-refractivity contribution in [2.45, 2.75) is 10.1 Å². The molecule has 5 rings (SSSR count). The maximum atomic E-state index is 13.5. The SMILES string of the molecule is O=C(Nc1ccc(SC(C(=O)Nc2ccc(O)c(C(=O)O)c2)c2ccccc2)cc1)/C(=C/c1ccsc1)NC(=O)c1ccccc1. The quantitative estimate of drug-likeness (QED) is 0.0587. The summed E-state index contributed by atoms with van der Waals surface area (Å²) >= 11 is 2.74. The number of phenols is 1. The van der Waals surface area contributed by atoms with E-state index < -0.39 is 34.7 Å². The van der Waals surface area contributed by atoms with E-state index in [1.165, 1.54) is 41.3 Å². The molecule has 0 bridgehead atoms. The number of carbonyl (C=O) groups is 4.